The molecule has 0 fully saturated rings. The van der Waals surface area contributed by atoms with Crippen molar-refractivity contribution in [3.8, 4) is 22.7 Å². The van der Waals surface area contributed by atoms with E-state index in [0.717, 1.165) is 45.1 Å². The number of fused-ring (bicyclic) bond motifs is 1. The number of allylic oxidation sites excluding steroid dienone is 1. The van der Waals surface area contributed by atoms with Gasteiger partial charge in [0.05, 0.1) is 40.7 Å². The van der Waals surface area contributed by atoms with E-state index in [4.69, 9.17) is 19.6 Å². The molecule has 8 nitrogen and oxygen atoms in total. The fourth-order valence-electron chi connectivity index (χ4n) is 5.50. The first-order valence-electron chi connectivity index (χ1n) is 16.0. The van der Waals surface area contributed by atoms with Gasteiger partial charge in [-0.2, -0.15) is 5.10 Å². The number of rotatable bonds is 11. The predicted molar refractivity (Wildman–Crippen MR) is 193 cm³/mol. The van der Waals surface area contributed by atoms with Crippen molar-refractivity contribution in [2.24, 2.45) is 10.9 Å². The normalized spacial score (nSPS) is 14.6. The van der Waals surface area contributed by atoms with E-state index in [2.05, 4.69) is 6.92 Å². The van der Waals surface area contributed by atoms with Crippen LogP contribution in [0.4, 0.5) is 0 Å². The molecule has 2 aromatic heterocycles. The maximum Gasteiger partial charge on any atom is 0.338 e. The third-order valence-electron chi connectivity index (χ3n) is 7.87. The van der Waals surface area contributed by atoms with Crippen LogP contribution in [0.3, 0.4) is 0 Å². The van der Waals surface area contributed by atoms with E-state index in [1.165, 1.54) is 11.3 Å². The molecule has 0 saturated carbocycles. The number of carbonyl (C=O) groups is 1. The van der Waals surface area contributed by atoms with Gasteiger partial charge in [0.25, 0.3) is 5.56 Å². The zero-order chi connectivity index (χ0) is 33.8. The highest BCUT2D eigenvalue weighted by Gasteiger charge is 2.33. The summed E-state index contributed by atoms with van der Waals surface area (Å²) in [5.74, 6) is 0.499. The summed E-state index contributed by atoms with van der Waals surface area (Å²) in [4.78, 5) is 34.4. The van der Waals surface area contributed by atoms with Crippen molar-refractivity contribution < 1.29 is 14.3 Å². The number of ether oxygens (including phenoxy) is 2. The quantitative estimate of drug-likeness (QED) is 0.113. The van der Waals surface area contributed by atoms with Crippen molar-refractivity contribution in [1.82, 2.24) is 14.3 Å². The topological polar surface area (TPSA) is 87.7 Å². The number of thioether (sulfide) groups is 1. The van der Waals surface area contributed by atoms with Gasteiger partial charge in [0, 0.05) is 22.2 Å². The molecule has 6 rings (SSSR count). The summed E-state index contributed by atoms with van der Waals surface area (Å²) in [6, 6.07) is 25.0. The predicted octanol–water partition coefficient (Wildman–Crippen LogP) is 6.80. The molecule has 48 heavy (non-hydrogen) atoms. The minimum absolute atomic E-state index is 0.168. The van der Waals surface area contributed by atoms with Crippen LogP contribution in [-0.2, 0) is 9.53 Å². The van der Waals surface area contributed by atoms with Crippen molar-refractivity contribution in [2.45, 2.75) is 45.1 Å². The number of esters is 1. The molecule has 1 aliphatic rings. The van der Waals surface area contributed by atoms with Gasteiger partial charge < -0.3 is 9.47 Å². The summed E-state index contributed by atoms with van der Waals surface area (Å²) >= 11 is 2.93. The van der Waals surface area contributed by atoms with Gasteiger partial charge in [-0.1, -0.05) is 62.4 Å². The summed E-state index contributed by atoms with van der Waals surface area (Å²) in [7, 11) is 0. The molecule has 1 atom stereocenters. The van der Waals surface area contributed by atoms with E-state index in [1.54, 1.807) is 16.3 Å². The lowest BCUT2D eigenvalue weighted by atomic mass is 9.96. The van der Waals surface area contributed by atoms with E-state index in [-0.39, 0.29) is 18.1 Å². The molecule has 0 saturated heterocycles. The van der Waals surface area contributed by atoms with E-state index < -0.39 is 12.0 Å². The number of benzene rings is 3. The Hall–Kier alpha value is -4.67. The Morgan fingerprint density at radius 1 is 1.04 bits per heavy atom. The van der Waals surface area contributed by atoms with Crippen molar-refractivity contribution in [1.29, 1.82) is 0 Å². The highest BCUT2D eigenvalue weighted by Crippen LogP contribution is 2.32. The third-order valence-corrected chi connectivity index (χ3v) is 9.60. The number of nitrogens with zero attached hydrogens (tertiary/aromatic N) is 4. The van der Waals surface area contributed by atoms with Gasteiger partial charge in [-0.05, 0) is 85.7 Å². The molecular weight excluding hydrogens is 641 g/mol. The number of hydrogen-bond acceptors (Lipinski definition) is 8. The van der Waals surface area contributed by atoms with E-state index >= 15 is 0 Å². The van der Waals surface area contributed by atoms with Crippen LogP contribution in [0, 0.1) is 5.92 Å². The first kappa shape index (κ1) is 33.2. The zero-order valence-corrected chi connectivity index (χ0v) is 29.3. The molecule has 0 bridgehead atoms. The number of aromatic nitrogens is 3. The van der Waals surface area contributed by atoms with Crippen LogP contribution in [-0.4, -0.2) is 39.8 Å². The minimum Gasteiger partial charge on any atom is -0.494 e. The summed E-state index contributed by atoms with van der Waals surface area (Å²) in [5, 5.41) is 4.96. The highest BCUT2D eigenvalue weighted by molar-refractivity contribution is 7.98. The van der Waals surface area contributed by atoms with Gasteiger partial charge in [-0.25, -0.2) is 14.5 Å². The zero-order valence-electron chi connectivity index (χ0n) is 27.7. The summed E-state index contributed by atoms with van der Waals surface area (Å²) in [6.07, 6.45) is 6.74. The summed E-state index contributed by atoms with van der Waals surface area (Å²) in [5.41, 5.74) is 4.79. The fraction of sp³-hybridized carbons (Fsp3) is 0.263. The van der Waals surface area contributed by atoms with Crippen molar-refractivity contribution >= 4 is 35.1 Å². The second-order valence-electron chi connectivity index (χ2n) is 11.9. The maximum atomic E-state index is 14.4. The molecule has 246 valence electrons. The fourth-order valence-corrected chi connectivity index (χ4v) is 6.95. The van der Waals surface area contributed by atoms with Crippen LogP contribution in [0.1, 0.15) is 51.3 Å². The molecule has 0 aliphatic carbocycles. The van der Waals surface area contributed by atoms with Gasteiger partial charge >= 0.3 is 5.97 Å². The second kappa shape index (κ2) is 14.6. The molecular formula is C38H38N4O4S2. The average Bonchev–Trinajstić information content (AvgIpc) is 3.66. The van der Waals surface area contributed by atoms with Crippen molar-refractivity contribution in [2.75, 3.05) is 19.5 Å². The van der Waals surface area contributed by atoms with Crippen LogP contribution in [0.5, 0.6) is 5.75 Å². The van der Waals surface area contributed by atoms with Crippen LogP contribution < -0.4 is 19.6 Å². The van der Waals surface area contributed by atoms with Crippen LogP contribution in [0.2, 0.25) is 0 Å². The molecule has 3 heterocycles. The largest absolute Gasteiger partial charge is 0.494 e. The monoisotopic (exact) mass is 678 g/mol. The second-order valence-corrected chi connectivity index (χ2v) is 13.8. The van der Waals surface area contributed by atoms with Gasteiger partial charge in [-0.3, -0.25) is 9.36 Å². The molecule has 0 spiro atoms. The van der Waals surface area contributed by atoms with Crippen LogP contribution in [0.15, 0.2) is 111 Å². The Kier molecular flexibility index (Phi) is 10.1. The molecule has 5 aromatic rings. The van der Waals surface area contributed by atoms with E-state index in [9.17, 15) is 9.59 Å². The molecule has 10 heteroatoms. The lowest BCUT2D eigenvalue weighted by Gasteiger charge is -2.25. The minimum atomic E-state index is -0.679. The van der Waals surface area contributed by atoms with Crippen LogP contribution >= 0.6 is 23.1 Å². The Balaban J connectivity index is 1.50. The number of hydrogen-bond donors (Lipinski definition) is 0. The van der Waals surface area contributed by atoms with Crippen molar-refractivity contribution in [3.63, 3.8) is 0 Å². The number of carbonyl (C=O) groups excluding carboxylic acids is 1. The standard InChI is InChI=1S/C38H38N4O4S2/c1-6-20-45-30-16-12-26(13-17-30)34-28(22-41(40-34)29-10-8-7-9-11-29)21-32-36(43)42-35(27-14-18-31(47-5)19-15-27)33(25(4)39-38(42)48-32)37(44)46-23-24(2)3/h7-19,21-22,24,35H,6,20,23H2,1-5H3. The number of para-hydroxylation sites is 1. The smallest absolute Gasteiger partial charge is 0.338 e. The van der Waals surface area contributed by atoms with Gasteiger partial charge in [0.2, 0.25) is 0 Å². The van der Waals surface area contributed by atoms with E-state index in [0.29, 0.717) is 27.2 Å². The first-order valence-corrected chi connectivity index (χ1v) is 18.0. The first-order chi connectivity index (χ1) is 23.3. The molecule has 1 unspecified atom stereocenters. The molecule has 0 N–H and O–H groups in total. The van der Waals surface area contributed by atoms with Gasteiger partial charge in [0.15, 0.2) is 4.80 Å². The Morgan fingerprint density at radius 3 is 2.44 bits per heavy atom. The maximum absolute atomic E-state index is 14.4. The van der Waals surface area contributed by atoms with Gasteiger partial charge in [0.1, 0.15) is 11.4 Å². The van der Waals surface area contributed by atoms with E-state index in [1.807, 2.05) is 123 Å². The lowest BCUT2D eigenvalue weighted by molar-refractivity contribution is -0.140. The molecule has 1 aliphatic heterocycles. The molecule has 3 aromatic carbocycles. The lowest BCUT2D eigenvalue weighted by Crippen LogP contribution is -2.40. The van der Waals surface area contributed by atoms with Gasteiger partial charge in [-0.15, -0.1) is 11.8 Å². The SMILES string of the molecule is CCCOc1ccc(-c2nn(-c3ccccc3)cc2C=c2sc3n(c2=O)C(c2ccc(SC)cc2)C(C(=O)OCC(C)C)=C(C)N=3)cc1. The van der Waals surface area contributed by atoms with Crippen LogP contribution in [0.25, 0.3) is 23.0 Å². The average molecular weight is 679 g/mol. The molecule has 0 radical (unpaired) electrons. The summed E-state index contributed by atoms with van der Waals surface area (Å²) in [6.45, 7) is 8.79. The number of thiazole rings is 1. The van der Waals surface area contributed by atoms with Crippen molar-refractivity contribution in [3.05, 3.63) is 127 Å². The Labute approximate surface area is 288 Å². The molecule has 0 amide bonds. The third kappa shape index (κ3) is 6.95. The highest BCUT2D eigenvalue weighted by atomic mass is 32.2. The summed E-state index contributed by atoms with van der Waals surface area (Å²) < 4.78 is 15.4. The Bertz CT molecular complexity index is 2130. The Morgan fingerprint density at radius 2 is 1.77 bits per heavy atom.